The number of epoxide rings is 1. The van der Waals surface area contributed by atoms with E-state index >= 15 is 0 Å². The highest BCUT2D eigenvalue weighted by Gasteiger charge is 2.40. The zero-order chi connectivity index (χ0) is 21.3. The van der Waals surface area contributed by atoms with E-state index in [9.17, 15) is 0 Å². The summed E-state index contributed by atoms with van der Waals surface area (Å²) in [6.07, 6.45) is 25.2. The number of benzene rings is 1. The van der Waals surface area contributed by atoms with Crippen molar-refractivity contribution in [2.24, 2.45) is 0 Å². The third-order valence-electron chi connectivity index (χ3n) is 6.08. The highest BCUT2D eigenvalue weighted by atomic mass is 16.6. The van der Waals surface area contributed by atoms with Crippen molar-refractivity contribution >= 4 is 0 Å². The first-order valence-electron chi connectivity index (χ1n) is 12.7. The topological polar surface area (TPSA) is 21.8 Å². The molecule has 2 rings (SSSR count). The highest BCUT2D eigenvalue weighted by Crippen LogP contribution is 2.27. The summed E-state index contributed by atoms with van der Waals surface area (Å²) in [5.74, 6) is 0.951. The summed E-state index contributed by atoms with van der Waals surface area (Å²) in [4.78, 5) is 0. The van der Waals surface area contributed by atoms with E-state index in [0.29, 0.717) is 6.61 Å². The molecule has 30 heavy (non-hydrogen) atoms. The van der Waals surface area contributed by atoms with Gasteiger partial charge in [0.15, 0.2) is 0 Å². The van der Waals surface area contributed by atoms with E-state index in [1.807, 2.05) is 0 Å². The molecular weight excluding hydrogens is 368 g/mol. The average Bonchev–Trinajstić information content (AvgIpc) is 3.50. The van der Waals surface area contributed by atoms with Crippen LogP contribution in [0.4, 0.5) is 0 Å². The van der Waals surface area contributed by atoms with Gasteiger partial charge < -0.3 is 9.47 Å². The van der Waals surface area contributed by atoms with Crippen LogP contribution in [0.2, 0.25) is 0 Å². The number of unbranched alkanes of at least 4 members (excludes halogenated alkanes) is 12. The fourth-order valence-corrected chi connectivity index (χ4v) is 3.77. The molecule has 1 aliphatic heterocycles. The Morgan fingerprint density at radius 1 is 0.800 bits per heavy atom. The Morgan fingerprint density at radius 3 is 1.90 bits per heavy atom. The van der Waals surface area contributed by atoms with E-state index in [4.69, 9.17) is 9.47 Å². The fraction of sp³-hybridized carbons (Fsp3) is 0.714. The number of allylic oxidation sites excluding steroid dienone is 2. The highest BCUT2D eigenvalue weighted by molar-refractivity contribution is 5.27. The lowest BCUT2D eigenvalue weighted by Gasteiger charge is -2.09. The number of rotatable bonds is 19. The normalized spacial score (nSPS) is 18.2. The number of aryl methyl sites for hydroxylation is 1. The summed E-state index contributed by atoms with van der Waals surface area (Å²) in [6, 6.07) is 8.60. The van der Waals surface area contributed by atoms with Gasteiger partial charge >= 0.3 is 0 Å². The van der Waals surface area contributed by atoms with Crippen molar-refractivity contribution in [2.75, 3.05) is 13.2 Å². The van der Waals surface area contributed by atoms with Crippen LogP contribution < -0.4 is 4.74 Å². The second kappa shape index (κ2) is 15.5. The van der Waals surface area contributed by atoms with Gasteiger partial charge in [-0.1, -0.05) is 89.0 Å². The molecule has 1 heterocycles. The number of ether oxygens (including phenoxy) is 2. The molecule has 1 aromatic carbocycles. The minimum absolute atomic E-state index is 0.0410. The first-order chi connectivity index (χ1) is 14.7. The Morgan fingerprint density at radius 2 is 1.33 bits per heavy atom. The van der Waals surface area contributed by atoms with Gasteiger partial charge in [-0.25, -0.2) is 0 Å². The molecule has 2 nitrogen and oxygen atoms in total. The van der Waals surface area contributed by atoms with Crippen LogP contribution in [0.3, 0.4) is 0 Å². The van der Waals surface area contributed by atoms with Crippen LogP contribution in [0.5, 0.6) is 5.75 Å². The second-order valence-electron chi connectivity index (χ2n) is 9.36. The van der Waals surface area contributed by atoms with Crippen molar-refractivity contribution in [3.63, 3.8) is 0 Å². The summed E-state index contributed by atoms with van der Waals surface area (Å²) in [5, 5.41) is 0. The lowest BCUT2D eigenvalue weighted by atomic mass is 10.1. The van der Waals surface area contributed by atoms with Gasteiger partial charge in [-0.2, -0.15) is 0 Å². The lowest BCUT2D eigenvalue weighted by molar-refractivity contribution is 0.202. The quantitative estimate of drug-likeness (QED) is 0.129. The first-order valence-corrected chi connectivity index (χ1v) is 12.7. The average molecular weight is 415 g/mol. The molecule has 1 fully saturated rings. The van der Waals surface area contributed by atoms with E-state index < -0.39 is 0 Å². The summed E-state index contributed by atoms with van der Waals surface area (Å²) < 4.78 is 11.1. The van der Waals surface area contributed by atoms with Crippen LogP contribution in [0, 0.1) is 0 Å². The largest absolute Gasteiger partial charge is 0.491 e. The maximum absolute atomic E-state index is 5.79. The zero-order valence-corrected chi connectivity index (χ0v) is 19.8. The first kappa shape index (κ1) is 25.0. The molecule has 0 N–H and O–H groups in total. The summed E-state index contributed by atoms with van der Waals surface area (Å²) in [6.45, 7) is 5.85. The molecule has 1 unspecified atom stereocenters. The van der Waals surface area contributed by atoms with Crippen molar-refractivity contribution in [3.05, 3.63) is 42.0 Å². The van der Waals surface area contributed by atoms with Gasteiger partial charge in [0, 0.05) is 0 Å². The number of hydrogen-bond acceptors (Lipinski definition) is 2. The summed E-state index contributed by atoms with van der Waals surface area (Å²) >= 11 is 0. The van der Waals surface area contributed by atoms with Crippen LogP contribution in [-0.2, 0) is 11.2 Å². The Bertz CT molecular complexity index is 557. The van der Waals surface area contributed by atoms with Crippen LogP contribution in [-0.4, -0.2) is 18.8 Å². The van der Waals surface area contributed by atoms with Crippen molar-refractivity contribution in [1.29, 1.82) is 0 Å². The molecule has 0 aliphatic carbocycles. The Balaban J connectivity index is 1.35. The van der Waals surface area contributed by atoms with Crippen molar-refractivity contribution in [2.45, 2.75) is 116 Å². The smallest absolute Gasteiger partial charge is 0.123 e. The van der Waals surface area contributed by atoms with Gasteiger partial charge in [0.1, 0.15) is 18.0 Å². The molecule has 0 radical (unpaired) electrons. The van der Waals surface area contributed by atoms with Gasteiger partial charge in [0.25, 0.3) is 0 Å². The minimum Gasteiger partial charge on any atom is -0.491 e. The Hall–Kier alpha value is -1.28. The van der Waals surface area contributed by atoms with Gasteiger partial charge in [-0.3, -0.25) is 0 Å². The Kier molecular flexibility index (Phi) is 12.9. The lowest BCUT2D eigenvalue weighted by Crippen LogP contribution is -2.16. The Labute approximate surface area is 186 Å². The van der Waals surface area contributed by atoms with Crippen molar-refractivity contribution in [3.8, 4) is 5.75 Å². The molecule has 0 aromatic heterocycles. The van der Waals surface area contributed by atoms with Gasteiger partial charge in [-0.05, 0) is 63.1 Å². The number of hydrogen-bond donors (Lipinski definition) is 0. The summed E-state index contributed by atoms with van der Waals surface area (Å²) in [7, 11) is 0. The fourth-order valence-electron chi connectivity index (χ4n) is 3.77. The predicted molar refractivity (Wildman–Crippen MR) is 129 cm³/mol. The van der Waals surface area contributed by atoms with Gasteiger partial charge in [0.2, 0.25) is 0 Å². The van der Waals surface area contributed by atoms with Crippen LogP contribution in [0.1, 0.15) is 109 Å². The molecule has 0 saturated carbocycles. The molecule has 0 spiro atoms. The third kappa shape index (κ3) is 12.4. The molecule has 170 valence electrons. The zero-order valence-electron chi connectivity index (χ0n) is 19.8. The van der Waals surface area contributed by atoms with Crippen molar-refractivity contribution < 1.29 is 9.47 Å². The van der Waals surface area contributed by atoms with E-state index in [1.165, 1.54) is 102 Å². The molecule has 0 amide bonds. The molecule has 1 atom stereocenters. The molecule has 1 aromatic rings. The molecule has 2 heteroatoms. The predicted octanol–water partition coefficient (Wildman–Crippen LogP) is 8.43. The van der Waals surface area contributed by atoms with E-state index in [1.54, 1.807) is 0 Å². The van der Waals surface area contributed by atoms with Crippen LogP contribution in [0.15, 0.2) is 36.4 Å². The molecule has 0 bridgehead atoms. The van der Waals surface area contributed by atoms with Crippen molar-refractivity contribution in [1.82, 2.24) is 0 Å². The van der Waals surface area contributed by atoms with Gasteiger partial charge in [0.05, 0.1) is 6.61 Å². The molecular formula is C28H46O2. The van der Waals surface area contributed by atoms with E-state index in [0.717, 1.165) is 12.4 Å². The van der Waals surface area contributed by atoms with Crippen LogP contribution in [0.25, 0.3) is 0 Å². The second-order valence-corrected chi connectivity index (χ2v) is 9.36. The maximum Gasteiger partial charge on any atom is 0.123 e. The van der Waals surface area contributed by atoms with E-state index in [-0.39, 0.29) is 5.60 Å². The maximum atomic E-state index is 5.79. The standard InChI is InChI=1S/C28H46O2/c1-3-4-5-6-7-8-9-10-11-12-13-14-15-16-17-18-19-26-20-22-27(23-21-26)29-24-28(2)25-30-28/h13-14,20-23H,3-12,15-19,24-25H2,1-2H3/b14-13+. The van der Waals surface area contributed by atoms with Crippen LogP contribution >= 0.6 is 0 Å². The monoisotopic (exact) mass is 414 g/mol. The third-order valence-corrected chi connectivity index (χ3v) is 6.08. The summed E-state index contributed by atoms with van der Waals surface area (Å²) in [5.41, 5.74) is 1.37. The van der Waals surface area contributed by atoms with Gasteiger partial charge in [-0.15, -0.1) is 0 Å². The van der Waals surface area contributed by atoms with E-state index in [2.05, 4.69) is 50.3 Å². The minimum atomic E-state index is -0.0410. The molecule has 1 saturated heterocycles. The molecule has 1 aliphatic rings. The SMILES string of the molecule is CCCCCCCCCCC/C=C/CCCCCc1ccc(OCC2(C)CO2)cc1.